The fourth-order valence-corrected chi connectivity index (χ4v) is 3.40. The molecule has 6 heteroatoms. The van der Waals surface area contributed by atoms with Crippen molar-refractivity contribution in [3.8, 4) is 0 Å². The maximum absolute atomic E-state index is 12.3. The third kappa shape index (κ3) is 4.29. The number of nitrogens with zero attached hydrogens (tertiary/aromatic N) is 1. The smallest absolute Gasteiger partial charge is 0.222 e. The van der Waals surface area contributed by atoms with Gasteiger partial charge in [0.15, 0.2) is 0 Å². The molecule has 1 aliphatic rings. The average Bonchev–Trinajstić information content (AvgIpc) is 3.19. The van der Waals surface area contributed by atoms with Gasteiger partial charge < -0.3 is 10.6 Å². The summed E-state index contributed by atoms with van der Waals surface area (Å²) in [6, 6.07) is 10.2. The molecule has 3 rings (SSSR count). The van der Waals surface area contributed by atoms with Crippen molar-refractivity contribution < 1.29 is 4.79 Å². The molecule has 0 saturated carbocycles. The highest BCUT2D eigenvalue weighted by atomic mass is 35.5. The Morgan fingerprint density at radius 3 is 2.86 bits per heavy atom. The van der Waals surface area contributed by atoms with Crippen LogP contribution in [0.1, 0.15) is 35.9 Å². The van der Waals surface area contributed by atoms with Crippen LogP contribution >= 0.6 is 23.7 Å². The summed E-state index contributed by atoms with van der Waals surface area (Å²) in [5, 5.41) is 9.36. The van der Waals surface area contributed by atoms with Crippen LogP contribution in [-0.2, 0) is 4.79 Å². The highest BCUT2D eigenvalue weighted by molar-refractivity contribution is 7.09. The van der Waals surface area contributed by atoms with Gasteiger partial charge >= 0.3 is 0 Å². The van der Waals surface area contributed by atoms with E-state index in [0.717, 1.165) is 30.0 Å². The zero-order valence-electron chi connectivity index (χ0n) is 12.2. The molecule has 1 saturated heterocycles. The number of amides is 1. The number of hydrogen-bond acceptors (Lipinski definition) is 4. The van der Waals surface area contributed by atoms with Gasteiger partial charge in [-0.25, -0.2) is 4.98 Å². The summed E-state index contributed by atoms with van der Waals surface area (Å²) in [6.45, 7) is 1.02. The van der Waals surface area contributed by atoms with Crippen molar-refractivity contribution in [3.05, 3.63) is 52.5 Å². The van der Waals surface area contributed by atoms with Gasteiger partial charge in [0.05, 0.1) is 0 Å². The third-order valence-corrected chi connectivity index (χ3v) is 4.57. The van der Waals surface area contributed by atoms with Crippen molar-refractivity contribution >= 4 is 29.7 Å². The number of carbonyl (C=O) groups excluding carboxylic acids is 1. The lowest BCUT2D eigenvalue weighted by atomic mass is 10.1. The molecule has 0 radical (unpaired) electrons. The van der Waals surface area contributed by atoms with E-state index in [9.17, 15) is 4.79 Å². The number of rotatable bonds is 5. The van der Waals surface area contributed by atoms with E-state index >= 15 is 0 Å². The second-order valence-corrected chi connectivity index (χ2v) is 6.21. The molecule has 0 bridgehead atoms. The summed E-state index contributed by atoms with van der Waals surface area (Å²) >= 11 is 1.57. The Kier molecular flexibility index (Phi) is 6.36. The number of aromatic nitrogens is 1. The van der Waals surface area contributed by atoms with Crippen molar-refractivity contribution in [2.75, 3.05) is 6.54 Å². The van der Waals surface area contributed by atoms with Gasteiger partial charge in [-0.1, -0.05) is 30.3 Å². The first kappa shape index (κ1) is 16.9. The lowest BCUT2D eigenvalue weighted by Gasteiger charge is -2.18. The van der Waals surface area contributed by atoms with Gasteiger partial charge in [0.25, 0.3) is 0 Å². The van der Waals surface area contributed by atoms with Crippen molar-refractivity contribution in [3.63, 3.8) is 0 Å². The number of nitrogens with one attached hydrogen (secondary N) is 2. The van der Waals surface area contributed by atoms with E-state index in [-0.39, 0.29) is 24.4 Å². The Morgan fingerprint density at radius 1 is 1.41 bits per heavy atom. The molecule has 118 valence electrons. The van der Waals surface area contributed by atoms with Crippen LogP contribution < -0.4 is 10.6 Å². The van der Waals surface area contributed by atoms with Gasteiger partial charge in [0.2, 0.25) is 5.91 Å². The Balaban J connectivity index is 0.00000176. The molecule has 1 aliphatic heterocycles. The van der Waals surface area contributed by atoms with Gasteiger partial charge in [0.1, 0.15) is 11.0 Å². The molecule has 1 amide bonds. The number of thiazole rings is 1. The number of benzene rings is 1. The number of carbonyl (C=O) groups is 1. The van der Waals surface area contributed by atoms with E-state index < -0.39 is 0 Å². The molecule has 2 unspecified atom stereocenters. The summed E-state index contributed by atoms with van der Waals surface area (Å²) in [5.74, 6) is 0.0819. The molecule has 2 N–H and O–H groups in total. The molecule has 2 heterocycles. The van der Waals surface area contributed by atoms with Crippen LogP contribution in [0, 0.1) is 0 Å². The standard InChI is InChI=1S/C16H19N3OS.ClH/c20-14(11-13-7-4-8-17-13)19-15(16-18-9-10-21-16)12-5-2-1-3-6-12;/h1-3,5-6,9-10,13,15,17H,4,7-8,11H2,(H,19,20);1H. The second-order valence-electron chi connectivity index (χ2n) is 5.28. The van der Waals surface area contributed by atoms with Crippen LogP contribution in [0.4, 0.5) is 0 Å². The Hall–Kier alpha value is -1.43. The Bertz CT molecular complexity index is 570. The van der Waals surface area contributed by atoms with Gasteiger partial charge in [0, 0.05) is 24.0 Å². The van der Waals surface area contributed by atoms with Crippen molar-refractivity contribution in [2.45, 2.75) is 31.3 Å². The summed E-state index contributed by atoms with van der Waals surface area (Å²) in [6.07, 6.45) is 4.56. The van der Waals surface area contributed by atoms with Crippen LogP contribution in [-0.4, -0.2) is 23.5 Å². The quantitative estimate of drug-likeness (QED) is 0.882. The molecule has 22 heavy (non-hydrogen) atoms. The van der Waals surface area contributed by atoms with Crippen LogP contribution in [0.5, 0.6) is 0 Å². The Morgan fingerprint density at radius 2 is 2.23 bits per heavy atom. The van der Waals surface area contributed by atoms with Gasteiger partial charge in [-0.2, -0.15) is 0 Å². The maximum atomic E-state index is 12.3. The topological polar surface area (TPSA) is 54.0 Å². The van der Waals surface area contributed by atoms with E-state index in [0.29, 0.717) is 12.5 Å². The van der Waals surface area contributed by atoms with E-state index in [1.807, 2.05) is 35.7 Å². The van der Waals surface area contributed by atoms with Crippen LogP contribution in [0.3, 0.4) is 0 Å². The first-order valence-electron chi connectivity index (χ1n) is 7.30. The van der Waals surface area contributed by atoms with Crippen molar-refractivity contribution in [2.24, 2.45) is 0 Å². The monoisotopic (exact) mass is 337 g/mol. The molecular formula is C16H20ClN3OS. The molecule has 2 aromatic rings. The fourth-order valence-electron chi connectivity index (χ4n) is 2.68. The van der Waals surface area contributed by atoms with Crippen molar-refractivity contribution in [1.29, 1.82) is 0 Å². The lowest BCUT2D eigenvalue weighted by Crippen LogP contribution is -2.34. The summed E-state index contributed by atoms with van der Waals surface area (Å²) in [7, 11) is 0. The summed E-state index contributed by atoms with van der Waals surface area (Å²) in [5.41, 5.74) is 1.07. The predicted molar refractivity (Wildman–Crippen MR) is 91.4 cm³/mol. The lowest BCUT2D eigenvalue weighted by molar-refractivity contribution is -0.122. The van der Waals surface area contributed by atoms with Crippen LogP contribution in [0.2, 0.25) is 0 Å². The fraction of sp³-hybridized carbons (Fsp3) is 0.375. The molecule has 0 aliphatic carbocycles. The average molecular weight is 338 g/mol. The van der Waals surface area contributed by atoms with Gasteiger partial charge in [-0.05, 0) is 24.9 Å². The summed E-state index contributed by atoms with van der Waals surface area (Å²) in [4.78, 5) is 16.7. The Labute approximate surface area is 140 Å². The van der Waals surface area contributed by atoms with Crippen molar-refractivity contribution in [1.82, 2.24) is 15.6 Å². The molecule has 1 aromatic heterocycles. The molecule has 1 fully saturated rings. The van der Waals surface area contributed by atoms with E-state index in [2.05, 4.69) is 15.6 Å². The number of hydrogen-bond donors (Lipinski definition) is 2. The first-order valence-corrected chi connectivity index (χ1v) is 8.18. The molecule has 4 nitrogen and oxygen atoms in total. The zero-order chi connectivity index (χ0) is 14.5. The first-order chi connectivity index (χ1) is 10.3. The normalized spacial score (nSPS) is 18.5. The minimum atomic E-state index is -0.153. The highest BCUT2D eigenvalue weighted by Gasteiger charge is 2.22. The second kappa shape index (κ2) is 8.27. The van der Waals surface area contributed by atoms with Gasteiger partial charge in [-0.15, -0.1) is 23.7 Å². The minimum absolute atomic E-state index is 0. The molecule has 1 aromatic carbocycles. The third-order valence-electron chi connectivity index (χ3n) is 3.73. The molecule has 2 atom stereocenters. The van der Waals surface area contributed by atoms with E-state index in [1.165, 1.54) is 0 Å². The summed E-state index contributed by atoms with van der Waals surface area (Å²) < 4.78 is 0. The van der Waals surface area contributed by atoms with E-state index in [4.69, 9.17) is 0 Å². The largest absolute Gasteiger partial charge is 0.343 e. The molecule has 0 spiro atoms. The van der Waals surface area contributed by atoms with Gasteiger partial charge in [-0.3, -0.25) is 4.79 Å². The number of halogens is 1. The van der Waals surface area contributed by atoms with Crippen LogP contribution in [0.25, 0.3) is 0 Å². The zero-order valence-corrected chi connectivity index (χ0v) is 13.8. The maximum Gasteiger partial charge on any atom is 0.222 e. The predicted octanol–water partition coefficient (Wildman–Crippen LogP) is 2.91. The van der Waals surface area contributed by atoms with E-state index in [1.54, 1.807) is 17.5 Å². The molecular weight excluding hydrogens is 318 g/mol. The SMILES string of the molecule is Cl.O=C(CC1CCCN1)NC(c1ccccc1)c1nccs1. The minimum Gasteiger partial charge on any atom is -0.343 e. The van der Waals surface area contributed by atoms with Crippen LogP contribution in [0.15, 0.2) is 41.9 Å². The highest BCUT2D eigenvalue weighted by Crippen LogP contribution is 2.24.